The van der Waals surface area contributed by atoms with Gasteiger partial charge in [0.25, 0.3) is 0 Å². The van der Waals surface area contributed by atoms with Gasteiger partial charge in [0.2, 0.25) is 11.8 Å². The lowest BCUT2D eigenvalue weighted by Gasteiger charge is -2.54. The molecule has 1 unspecified atom stereocenters. The lowest BCUT2D eigenvalue weighted by molar-refractivity contribution is -0.152. The smallest absolute Gasteiger partial charge is 0.226 e. The van der Waals surface area contributed by atoms with E-state index in [0.29, 0.717) is 36.0 Å². The van der Waals surface area contributed by atoms with Crippen LogP contribution in [0.4, 0.5) is 0 Å². The van der Waals surface area contributed by atoms with E-state index in [2.05, 4.69) is 9.80 Å². The van der Waals surface area contributed by atoms with Gasteiger partial charge in [0, 0.05) is 38.0 Å². The summed E-state index contributed by atoms with van der Waals surface area (Å²) in [5.41, 5.74) is 0. The third-order valence-electron chi connectivity index (χ3n) is 7.77. The largest absolute Gasteiger partial charge is 0.340 e. The zero-order valence-electron chi connectivity index (χ0n) is 14.7. The van der Waals surface area contributed by atoms with Crippen molar-refractivity contribution in [1.29, 1.82) is 0 Å². The third kappa shape index (κ3) is 2.40. The Bertz CT molecular complexity index is 518. The minimum atomic E-state index is 0.287. The van der Waals surface area contributed by atoms with Crippen LogP contribution in [0.3, 0.4) is 0 Å². The number of hydrogen-bond acceptors (Lipinski definition) is 2. The van der Waals surface area contributed by atoms with E-state index >= 15 is 0 Å². The molecule has 2 amide bonds. The molecule has 4 bridgehead atoms. The number of amides is 2. The van der Waals surface area contributed by atoms with Gasteiger partial charge < -0.3 is 9.80 Å². The molecule has 6 fully saturated rings. The van der Waals surface area contributed by atoms with E-state index in [1.807, 2.05) is 0 Å². The van der Waals surface area contributed by atoms with Crippen LogP contribution >= 0.6 is 0 Å². The van der Waals surface area contributed by atoms with E-state index in [9.17, 15) is 9.59 Å². The maximum atomic E-state index is 13.4. The summed E-state index contributed by atoms with van der Waals surface area (Å²) < 4.78 is 0. The molecule has 0 N–H and O–H groups in total. The van der Waals surface area contributed by atoms with Crippen molar-refractivity contribution in [3.05, 3.63) is 0 Å². The summed E-state index contributed by atoms with van der Waals surface area (Å²) in [4.78, 5) is 29.6. The lowest BCUT2D eigenvalue weighted by atomic mass is 9.51. The average molecular weight is 330 g/mol. The molecule has 24 heavy (non-hydrogen) atoms. The summed E-state index contributed by atoms with van der Waals surface area (Å²) in [5.74, 6) is 4.25. The fourth-order valence-electron chi connectivity index (χ4n) is 7.00. The molecule has 0 aromatic rings. The summed E-state index contributed by atoms with van der Waals surface area (Å²) in [5, 5.41) is 0. The van der Waals surface area contributed by atoms with Crippen LogP contribution in [0.15, 0.2) is 0 Å². The number of likely N-dealkylation sites (tertiary alicyclic amines) is 2. The molecule has 4 aliphatic carbocycles. The first-order chi connectivity index (χ1) is 11.7. The summed E-state index contributed by atoms with van der Waals surface area (Å²) in [6, 6.07) is 0.287. The highest BCUT2D eigenvalue weighted by molar-refractivity contribution is 5.81. The van der Waals surface area contributed by atoms with Crippen molar-refractivity contribution >= 4 is 11.8 Å². The van der Waals surface area contributed by atoms with Gasteiger partial charge in [-0.2, -0.15) is 0 Å². The molecule has 1 atom stereocenters. The Hall–Kier alpha value is -1.06. The second-order valence-corrected chi connectivity index (χ2v) is 9.23. The standard InChI is InChI=1S/C20H30N2O2/c23-18-4-2-6-22(18)17-3-1-5-21(12-17)20(24)19-15-8-13-7-14(10-15)11-16(19)9-13/h13-17,19H,1-12H2. The quantitative estimate of drug-likeness (QED) is 0.781. The first-order valence-corrected chi connectivity index (χ1v) is 10.3. The molecule has 6 aliphatic rings. The maximum absolute atomic E-state index is 13.4. The zero-order valence-corrected chi connectivity index (χ0v) is 14.7. The van der Waals surface area contributed by atoms with Gasteiger partial charge in [0.15, 0.2) is 0 Å². The van der Waals surface area contributed by atoms with Crippen LogP contribution in [0.25, 0.3) is 0 Å². The molecule has 4 saturated carbocycles. The molecule has 132 valence electrons. The normalized spacial score (nSPS) is 44.4. The predicted octanol–water partition coefficient (Wildman–Crippen LogP) is 2.67. The van der Waals surface area contributed by atoms with Crippen LogP contribution in [0.5, 0.6) is 0 Å². The van der Waals surface area contributed by atoms with Crippen molar-refractivity contribution in [3.8, 4) is 0 Å². The second-order valence-electron chi connectivity index (χ2n) is 9.23. The zero-order chi connectivity index (χ0) is 16.3. The van der Waals surface area contributed by atoms with Crippen molar-refractivity contribution in [2.24, 2.45) is 29.6 Å². The number of piperidine rings is 1. The maximum Gasteiger partial charge on any atom is 0.226 e. The molecule has 0 spiro atoms. The number of rotatable bonds is 2. The molecule has 0 radical (unpaired) electrons. The third-order valence-corrected chi connectivity index (χ3v) is 7.77. The van der Waals surface area contributed by atoms with Gasteiger partial charge in [-0.05, 0) is 75.0 Å². The summed E-state index contributed by atoms with van der Waals surface area (Å²) >= 11 is 0. The molecule has 2 aliphatic heterocycles. The van der Waals surface area contributed by atoms with Gasteiger partial charge in [-0.1, -0.05) is 0 Å². The Balaban J connectivity index is 1.29. The minimum Gasteiger partial charge on any atom is -0.340 e. The van der Waals surface area contributed by atoms with E-state index in [4.69, 9.17) is 0 Å². The molecule has 2 heterocycles. The summed E-state index contributed by atoms with van der Waals surface area (Å²) in [6.45, 7) is 2.62. The number of carbonyl (C=O) groups excluding carboxylic acids is 2. The highest BCUT2D eigenvalue weighted by atomic mass is 16.2. The van der Waals surface area contributed by atoms with Gasteiger partial charge in [0.1, 0.15) is 0 Å². The molecular formula is C20H30N2O2. The predicted molar refractivity (Wildman–Crippen MR) is 91.1 cm³/mol. The van der Waals surface area contributed by atoms with Gasteiger partial charge in [-0.25, -0.2) is 0 Å². The van der Waals surface area contributed by atoms with Gasteiger partial charge in [-0.3, -0.25) is 9.59 Å². The van der Waals surface area contributed by atoms with E-state index in [1.165, 1.54) is 32.1 Å². The Morgan fingerprint density at radius 3 is 2.25 bits per heavy atom. The van der Waals surface area contributed by atoms with Crippen LogP contribution in [0.1, 0.15) is 57.8 Å². The minimum absolute atomic E-state index is 0.287. The summed E-state index contributed by atoms with van der Waals surface area (Å²) in [7, 11) is 0. The first kappa shape index (κ1) is 15.2. The van der Waals surface area contributed by atoms with Crippen molar-refractivity contribution < 1.29 is 9.59 Å². The topological polar surface area (TPSA) is 40.6 Å². The SMILES string of the molecule is O=C(C1C2CC3CC(C2)CC1C3)N1CCCC(N2CCCC2=O)C1. The van der Waals surface area contributed by atoms with Crippen LogP contribution in [-0.2, 0) is 9.59 Å². The first-order valence-electron chi connectivity index (χ1n) is 10.3. The molecule has 6 rings (SSSR count). The van der Waals surface area contributed by atoms with Crippen LogP contribution < -0.4 is 0 Å². The molecule has 4 heteroatoms. The van der Waals surface area contributed by atoms with E-state index in [0.717, 1.165) is 50.7 Å². The lowest BCUT2D eigenvalue weighted by Crippen LogP contribution is -2.56. The van der Waals surface area contributed by atoms with Gasteiger partial charge in [-0.15, -0.1) is 0 Å². The summed E-state index contributed by atoms with van der Waals surface area (Å²) in [6.07, 6.45) is 10.5. The molecule has 4 nitrogen and oxygen atoms in total. The van der Waals surface area contributed by atoms with Crippen LogP contribution in [0, 0.1) is 29.6 Å². The van der Waals surface area contributed by atoms with E-state index in [1.54, 1.807) is 0 Å². The van der Waals surface area contributed by atoms with Gasteiger partial charge >= 0.3 is 0 Å². The Labute approximate surface area is 144 Å². The van der Waals surface area contributed by atoms with Crippen LogP contribution in [0.2, 0.25) is 0 Å². The van der Waals surface area contributed by atoms with Crippen molar-refractivity contribution in [2.45, 2.75) is 63.8 Å². The van der Waals surface area contributed by atoms with Crippen molar-refractivity contribution in [2.75, 3.05) is 19.6 Å². The number of hydrogen-bond donors (Lipinski definition) is 0. The highest BCUT2D eigenvalue weighted by Crippen LogP contribution is 2.57. The highest BCUT2D eigenvalue weighted by Gasteiger charge is 2.52. The Kier molecular flexibility index (Phi) is 3.64. The van der Waals surface area contributed by atoms with E-state index < -0.39 is 0 Å². The number of carbonyl (C=O) groups is 2. The molecule has 2 saturated heterocycles. The molecular weight excluding hydrogens is 300 g/mol. The Morgan fingerprint density at radius 1 is 0.917 bits per heavy atom. The van der Waals surface area contributed by atoms with E-state index in [-0.39, 0.29) is 6.04 Å². The molecule has 0 aromatic carbocycles. The second kappa shape index (κ2) is 5.74. The molecule has 0 aromatic heterocycles. The van der Waals surface area contributed by atoms with Crippen LogP contribution in [-0.4, -0.2) is 47.3 Å². The van der Waals surface area contributed by atoms with Crippen molar-refractivity contribution in [1.82, 2.24) is 9.80 Å². The fourth-order valence-corrected chi connectivity index (χ4v) is 7.00. The average Bonchev–Trinajstić information content (AvgIpc) is 3.00. The van der Waals surface area contributed by atoms with Gasteiger partial charge in [0.05, 0.1) is 0 Å². The monoisotopic (exact) mass is 330 g/mol. The fraction of sp³-hybridized carbons (Fsp3) is 0.900. The Morgan fingerprint density at radius 2 is 1.62 bits per heavy atom. The van der Waals surface area contributed by atoms with Crippen molar-refractivity contribution in [3.63, 3.8) is 0 Å². The number of nitrogens with zero attached hydrogens (tertiary/aromatic N) is 2.